The van der Waals surface area contributed by atoms with Crippen molar-refractivity contribution in [3.8, 4) is 17.1 Å². The number of hydrogen-bond acceptors (Lipinski definition) is 8. The van der Waals surface area contributed by atoms with E-state index >= 15 is 0 Å². The van der Waals surface area contributed by atoms with Crippen LogP contribution in [0.5, 0.6) is 5.75 Å². The summed E-state index contributed by atoms with van der Waals surface area (Å²) in [5.41, 5.74) is 1.48. The summed E-state index contributed by atoms with van der Waals surface area (Å²) in [7, 11) is 3.47. The molecule has 36 heavy (non-hydrogen) atoms. The summed E-state index contributed by atoms with van der Waals surface area (Å²) < 4.78 is 11.9. The molecule has 0 spiro atoms. The van der Waals surface area contributed by atoms with Crippen LogP contribution in [0.4, 0.5) is 0 Å². The zero-order valence-electron chi connectivity index (χ0n) is 20.5. The van der Waals surface area contributed by atoms with Crippen LogP contribution >= 0.6 is 0 Å². The Morgan fingerprint density at radius 1 is 1.08 bits per heavy atom. The van der Waals surface area contributed by atoms with E-state index in [0.717, 1.165) is 12.1 Å². The number of methoxy groups -OCH3 is 1. The van der Waals surface area contributed by atoms with E-state index in [1.165, 1.54) is 45.2 Å². The van der Waals surface area contributed by atoms with Gasteiger partial charge in [-0.1, -0.05) is 6.08 Å². The van der Waals surface area contributed by atoms with Crippen LogP contribution in [0.15, 0.2) is 39.6 Å². The molecule has 0 radical (unpaired) electrons. The number of rotatable bonds is 7. The fraction of sp³-hybridized carbons (Fsp3) is 0.250. The molecule has 8 heteroatoms. The molecule has 0 atom stereocenters. The molecule has 184 valence electrons. The molecule has 1 aliphatic heterocycles. The molecular weight excluding hydrogens is 462 g/mol. The number of carbonyl (C=O) groups excluding carboxylic acids is 4. The molecule has 0 unspecified atom stereocenters. The molecule has 4 rings (SSSR count). The molecule has 8 nitrogen and oxygen atoms in total. The fourth-order valence-electron chi connectivity index (χ4n) is 4.66. The van der Waals surface area contributed by atoms with Crippen molar-refractivity contribution in [3.63, 3.8) is 0 Å². The van der Waals surface area contributed by atoms with Gasteiger partial charge in [-0.2, -0.15) is 0 Å². The van der Waals surface area contributed by atoms with E-state index in [1.807, 2.05) is 13.1 Å². The summed E-state index contributed by atoms with van der Waals surface area (Å²) in [6, 6.07) is 5.63. The monoisotopic (exact) mass is 487 g/mol. The number of ether oxygens (including phenoxy) is 1. The first-order valence-electron chi connectivity index (χ1n) is 11.4. The Balaban J connectivity index is 2.12. The van der Waals surface area contributed by atoms with Gasteiger partial charge in [0, 0.05) is 47.0 Å². The molecule has 0 saturated heterocycles. The van der Waals surface area contributed by atoms with Crippen LogP contribution in [0.1, 0.15) is 67.3 Å². The van der Waals surface area contributed by atoms with E-state index in [1.54, 1.807) is 0 Å². The molecule has 0 fully saturated rings. The lowest BCUT2D eigenvalue weighted by molar-refractivity contribution is 0.0999. The molecule has 0 bridgehead atoms. The van der Waals surface area contributed by atoms with Gasteiger partial charge in [-0.3, -0.25) is 24.0 Å². The van der Waals surface area contributed by atoms with Gasteiger partial charge in [0.25, 0.3) is 0 Å². The third-order valence-electron chi connectivity index (χ3n) is 6.44. The SMILES string of the molecule is COc1cc(C=O)c2c(=O)cc(-c3ccc(C(C)=O)c(C=O)c3C(C)=O)oc2c1C1=CCN(C)CC1. The summed E-state index contributed by atoms with van der Waals surface area (Å²) in [6.45, 7) is 4.04. The molecular formula is C28H25NO7. The van der Waals surface area contributed by atoms with Crippen LogP contribution in [0, 0.1) is 0 Å². The predicted octanol–water partition coefficient (Wildman–Crippen LogP) is 4.22. The zero-order chi connectivity index (χ0) is 26.1. The number of fused-ring (bicyclic) bond motifs is 1. The van der Waals surface area contributed by atoms with E-state index in [-0.39, 0.29) is 50.3 Å². The van der Waals surface area contributed by atoms with Gasteiger partial charge in [-0.15, -0.1) is 0 Å². The van der Waals surface area contributed by atoms with E-state index < -0.39 is 11.2 Å². The van der Waals surface area contributed by atoms with Crippen molar-refractivity contribution in [1.29, 1.82) is 0 Å². The molecule has 2 heterocycles. The van der Waals surface area contributed by atoms with Gasteiger partial charge in [0.2, 0.25) is 0 Å². The Bertz CT molecular complexity index is 1530. The maximum atomic E-state index is 13.4. The number of Topliss-reactive ketones (excluding diaryl/α,β-unsaturated/α-hetero) is 2. The van der Waals surface area contributed by atoms with E-state index in [9.17, 15) is 24.0 Å². The second-order valence-electron chi connectivity index (χ2n) is 8.76. The number of hydrogen-bond donors (Lipinski definition) is 0. The lowest BCUT2D eigenvalue weighted by atomic mass is 9.90. The van der Waals surface area contributed by atoms with Gasteiger partial charge >= 0.3 is 0 Å². The second kappa shape index (κ2) is 9.83. The van der Waals surface area contributed by atoms with Crippen LogP contribution in [0.2, 0.25) is 0 Å². The van der Waals surface area contributed by atoms with Crippen molar-refractivity contribution in [2.75, 3.05) is 27.2 Å². The van der Waals surface area contributed by atoms with Gasteiger partial charge in [0.1, 0.15) is 11.5 Å². The van der Waals surface area contributed by atoms with Crippen molar-refractivity contribution in [1.82, 2.24) is 4.90 Å². The highest BCUT2D eigenvalue weighted by Gasteiger charge is 2.25. The van der Waals surface area contributed by atoms with Gasteiger partial charge < -0.3 is 14.1 Å². The Morgan fingerprint density at radius 2 is 1.83 bits per heavy atom. The van der Waals surface area contributed by atoms with Crippen molar-refractivity contribution >= 4 is 40.7 Å². The second-order valence-corrected chi connectivity index (χ2v) is 8.76. The fourth-order valence-corrected chi connectivity index (χ4v) is 4.66. The summed E-state index contributed by atoms with van der Waals surface area (Å²) in [5.74, 6) is -0.415. The van der Waals surface area contributed by atoms with E-state index in [2.05, 4.69) is 4.90 Å². The van der Waals surface area contributed by atoms with Gasteiger partial charge in [-0.25, -0.2) is 0 Å². The number of nitrogens with zero attached hydrogens (tertiary/aromatic N) is 1. The van der Waals surface area contributed by atoms with Crippen LogP contribution in [-0.4, -0.2) is 56.3 Å². The summed E-state index contributed by atoms with van der Waals surface area (Å²) in [6.07, 6.45) is 3.71. The molecule has 0 saturated carbocycles. The Labute approximate surface area is 207 Å². The Hall–Kier alpha value is -4.17. The average Bonchev–Trinajstić information content (AvgIpc) is 2.86. The molecule has 0 aliphatic carbocycles. The lowest BCUT2D eigenvalue weighted by Crippen LogP contribution is -2.24. The van der Waals surface area contributed by atoms with E-state index in [4.69, 9.17) is 9.15 Å². The Kier molecular flexibility index (Phi) is 6.81. The van der Waals surface area contributed by atoms with Gasteiger partial charge in [0.15, 0.2) is 35.2 Å². The minimum atomic E-state index is -0.483. The number of benzene rings is 2. The lowest BCUT2D eigenvalue weighted by Gasteiger charge is -2.24. The van der Waals surface area contributed by atoms with Crippen LogP contribution in [0.3, 0.4) is 0 Å². The highest BCUT2D eigenvalue weighted by molar-refractivity contribution is 6.12. The molecule has 3 aromatic rings. The van der Waals surface area contributed by atoms with Crippen molar-refractivity contribution in [2.45, 2.75) is 20.3 Å². The first kappa shape index (κ1) is 24.9. The standard InChI is InChI=1S/C28H25NO7/c1-15(32)19-5-6-20(25(16(2)33)21(19)14-31)23-12-22(34)26-18(13-30)11-24(35-4)27(28(26)36-23)17-7-9-29(3)10-8-17/h5-7,11-14H,8-10H2,1-4H3. The third-order valence-corrected chi connectivity index (χ3v) is 6.44. The minimum Gasteiger partial charge on any atom is -0.496 e. The summed E-state index contributed by atoms with van der Waals surface area (Å²) in [4.78, 5) is 64.0. The zero-order valence-corrected chi connectivity index (χ0v) is 20.5. The molecule has 2 aromatic carbocycles. The third kappa shape index (κ3) is 4.20. The van der Waals surface area contributed by atoms with E-state index in [0.29, 0.717) is 36.9 Å². The molecule has 0 amide bonds. The first-order chi connectivity index (χ1) is 17.2. The maximum Gasteiger partial charge on any atom is 0.194 e. The van der Waals surface area contributed by atoms with Crippen LogP contribution < -0.4 is 10.2 Å². The number of likely N-dealkylation sites (N-methyl/N-ethyl adjacent to an activating group) is 1. The minimum absolute atomic E-state index is 0.0150. The molecule has 0 N–H and O–H groups in total. The highest BCUT2D eigenvalue weighted by Crippen LogP contribution is 2.39. The first-order valence-corrected chi connectivity index (χ1v) is 11.4. The van der Waals surface area contributed by atoms with Gasteiger partial charge in [-0.05, 0) is 51.1 Å². The average molecular weight is 488 g/mol. The van der Waals surface area contributed by atoms with Crippen molar-refractivity contribution in [3.05, 3.63) is 68.4 Å². The van der Waals surface area contributed by atoms with Crippen LogP contribution in [-0.2, 0) is 0 Å². The number of ketones is 2. The summed E-state index contributed by atoms with van der Waals surface area (Å²) in [5, 5.41) is 0.102. The predicted molar refractivity (Wildman–Crippen MR) is 135 cm³/mol. The smallest absolute Gasteiger partial charge is 0.194 e. The number of carbonyl (C=O) groups is 4. The Morgan fingerprint density at radius 3 is 2.39 bits per heavy atom. The maximum absolute atomic E-state index is 13.4. The summed E-state index contributed by atoms with van der Waals surface area (Å²) >= 11 is 0. The molecule has 1 aromatic heterocycles. The van der Waals surface area contributed by atoms with Crippen molar-refractivity contribution < 1.29 is 28.3 Å². The quantitative estimate of drug-likeness (QED) is 0.360. The van der Waals surface area contributed by atoms with Crippen LogP contribution in [0.25, 0.3) is 27.9 Å². The highest BCUT2D eigenvalue weighted by atomic mass is 16.5. The van der Waals surface area contributed by atoms with Gasteiger partial charge in [0.05, 0.1) is 18.1 Å². The largest absolute Gasteiger partial charge is 0.496 e. The number of aldehydes is 2. The molecule has 1 aliphatic rings. The topological polar surface area (TPSA) is 111 Å². The normalized spacial score (nSPS) is 13.8. The van der Waals surface area contributed by atoms with Crippen molar-refractivity contribution in [2.24, 2.45) is 0 Å².